The molecule has 8 heavy (non-hydrogen) atoms. The molecule has 0 aromatic rings. The molecule has 1 heterocycles. The molecule has 1 aliphatic heterocycles. The number of hydrogen-bond donors (Lipinski definition) is 0. The quantitative estimate of drug-likeness (QED) is 0.445. The Hall–Kier alpha value is 0.0200. The van der Waals surface area contributed by atoms with Gasteiger partial charge in [0.15, 0.2) is 11.6 Å². The highest BCUT2D eigenvalue weighted by atomic mass is 32.2. The van der Waals surface area contributed by atoms with Crippen molar-refractivity contribution in [1.29, 1.82) is 0 Å². The van der Waals surface area contributed by atoms with E-state index in [1.807, 2.05) is 11.8 Å². The van der Waals surface area contributed by atoms with Crippen LogP contribution >= 0.6 is 11.8 Å². The largest absolute Gasteiger partial charge is 0.230 e. The summed E-state index contributed by atoms with van der Waals surface area (Å²) in [5, 5.41) is 0.778. The number of nitrogens with zero attached hydrogens (tertiary/aromatic N) is 1. The van der Waals surface area contributed by atoms with Crippen LogP contribution in [0, 0.1) is 0 Å². The first-order chi connectivity index (χ1) is 3.72. The first kappa shape index (κ1) is 6.14. The molecule has 0 N–H and O–H groups in total. The van der Waals surface area contributed by atoms with Crippen molar-refractivity contribution < 1.29 is 4.58 Å². The molecule has 2 atom stereocenters. The van der Waals surface area contributed by atoms with Gasteiger partial charge in [0.1, 0.15) is 7.05 Å². The summed E-state index contributed by atoms with van der Waals surface area (Å²) in [7, 11) is 2.13. The summed E-state index contributed by atoms with van der Waals surface area (Å²) in [6.45, 7) is 4.51. The van der Waals surface area contributed by atoms with Gasteiger partial charge in [-0.25, -0.2) is 4.58 Å². The summed E-state index contributed by atoms with van der Waals surface area (Å²) in [6, 6.07) is 0.722. The van der Waals surface area contributed by atoms with Crippen LogP contribution in [0.1, 0.15) is 13.8 Å². The minimum absolute atomic E-state index is 0.722. The van der Waals surface area contributed by atoms with Gasteiger partial charge in [-0.1, -0.05) is 11.8 Å². The van der Waals surface area contributed by atoms with E-state index in [9.17, 15) is 0 Å². The highest BCUT2D eigenvalue weighted by molar-refractivity contribution is 8.12. The highest BCUT2D eigenvalue weighted by Gasteiger charge is 2.25. The van der Waals surface area contributed by atoms with Crippen LogP contribution in [-0.4, -0.2) is 28.5 Å². The van der Waals surface area contributed by atoms with Gasteiger partial charge in [-0.3, -0.25) is 0 Å². The van der Waals surface area contributed by atoms with Gasteiger partial charge in [-0.2, -0.15) is 0 Å². The van der Waals surface area contributed by atoms with E-state index in [2.05, 4.69) is 31.0 Å². The fraction of sp³-hybridized carbons (Fsp3) is 0.833. The van der Waals surface area contributed by atoms with Crippen molar-refractivity contribution in [2.45, 2.75) is 25.1 Å². The summed E-state index contributed by atoms with van der Waals surface area (Å²) in [6.07, 6.45) is 0. The van der Waals surface area contributed by atoms with Gasteiger partial charge in [-0.15, -0.1) is 0 Å². The van der Waals surface area contributed by atoms with Crippen molar-refractivity contribution in [3.63, 3.8) is 0 Å². The second-order valence-corrected chi connectivity index (χ2v) is 3.58. The van der Waals surface area contributed by atoms with Gasteiger partial charge in [0, 0.05) is 0 Å². The van der Waals surface area contributed by atoms with Crippen LogP contribution in [0.2, 0.25) is 0 Å². The zero-order chi connectivity index (χ0) is 6.15. The Morgan fingerprint density at radius 2 is 2.12 bits per heavy atom. The van der Waals surface area contributed by atoms with E-state index in [-0.39, 0.29) is 0 Å². The second kappa shape index (κ2) is 2.09. The van der Waals surface area contributed by atoms with E-state index in [0.717, 1.165) is 11.3 Å². The van der Waals surface area contributed by atoms with E-state index in [4.69, 9.17) is 0 Å². The SMILES string of the molecule is CC1SC=[N+](C)C1C. The van der Waals surface area contributed by atoms with E-state index >= 15 is 0 Å². The van der Waals surface area contributed by atoms with E-state index in [1.54, 1.807) is 0 Å². The summed E-state index contributed by atoms with van der Waals surface area (Å²) in [5.74, 6) is 0. The third-order valence-electron chi connectivity index (χ3n) is 1.76. The standard InChI is InChI=1S/C6H12NS/c1-5-6(2)8-4-7(5)3/h4-6H,1-3H3/q+1. The fourth-order valence-corrected chi connectivity index (χ4v) is 1.73. The number of rotatable bonds is 0. The van der Waals surface area contributed by atoms with Crippen LogP contribution in [0.4, 0.5) is 0 Å². The summed E-state index contributed by atoms with van der Waals surface area (Å²) in [5.41, 5.74) is 2.19. The van der Waals surface area contributed by atoms with Crippen LogP contribution in [0.15, 0.2) is 0 Å². The number of hydrogen-bond acceptors (Lipinski definition) is 1. The van der Waals surface area contributed by atoms with E-state index in [1.165, 1.54) is 0 Å². The Morgan fingerprint density at radius 3 is 2.25 bits per heavy atom. The first-order valence-electron chi connectivity index (χ1n) is 2.92. The third kappa shape index (κ3) is 0.895. The van der Waals surface area contributed by atoms with Crippen molar-refractivity contribution in [2.75, 3.05) is 7.05 Å². The van der Waals surface area contributed by atoms with Gasteiger partial charge in [0.25, 0.3) is 0 Å². The average molecular weight is 130 g/mol. The highest BCUT2D eigenvalue weighted by Crippen LogP contribution is 2.18. The molecule has 0 saturated carbocycles. The molecule has 0 fully saturated rings. The zero-order valence-electron chi connectivity index (χ0n) is 5.59. The lowest BCUT2D eigenvalue weighted by Gasteiger charge is -2.02. The van der Waals surface area contributed by atoms with Crippen LogP contribution in [-0.2, 0) is 0 Å². The van der Waals surface area contributed by atoms with Gasteiger partial charge in [0.05, 0.1) is 5.25 Å². The zero-order valence-corrected chi connectivity index (χ0v) is 6.40. The maximum Gasteiger partial charge on any atom is 0.198 e. The Labute approximate surface area is 54.8 Å². The fourth-order valence-electron chi connectivity index (χ4n) is 0.733. The van der Waals surface area contributed by atoms with Gasteiger partial charge in [0.2, 0.25) is 0 Å². The van der Waals surface area contributed by atoms with Crippen LogP contribution in [0.3, 0.4) is 0 Å². The molecule has 0 radical (unpaired) electrons. The predicted molar refractivity (Wildman–Crippen MR) is 38.8 cm³/mol. The molecule has 46 valence electrons. The molecule has 0 bridgehead atoms. The Bertz CT molecular complexity index is 120. The van der Waals surface area contributed by atoms with Crippen LogP contribution in [0.5, 0.6) is 0 Å². The van der Waals surface area contributed by atoms with Crippen LogP contribution < -0.4 is 0 Å². The molecule has 0 amide bonds. The van der Waals surface area contributed by atoms with Gasteiger partial charge in [-0.05, 0) is 13.8 Å². The maximum atomic E-state index is 2.26. The van der Waals surface area contributed by atoms with Crippen molar-refractivity contribution in [3.05, 3.63) is 0 Å². The molecule has 2 heteroatoms. The molecule has 0 aromatic heterocycles. The molecule has 1 nitrogen and oxygen atoms in total. The maximum absolute atomic E-state index is 2.26. The van der Waals surface area contributed by atoms with Crippen LogP contribution in [0.25, 0.3) is 0 Å². The molecule has 1 aliphatic rings. The molecular weight excluding hydrogens is 118 g/mol. The molecule has 0 aromatic carbocycles. The van der Waals surface area contributed by atoms with E-state index < -0.39 is 0 Å². The molecule has 0 saturated heterocycles. The van der Waals surface area contributed by atoms with Gasteiger partial charge >= 0.3 is 0 Å². The molecule has 1 rings (SSSR count). The lowest BCUT2D eigenvalue weighted by atomic mass is 10.2. The second-order valence-electron chi connectivity index (χ2n) is 2.35. The predicted octanol–water partition coefficient (Wildman–Crippen LogP) is 1.18. The van der Waals surface area contributed by atoms with Crippen molar-refractivity contribution in [2.24, 2.45) is 0 Å². The monoisotopic (exact) mass is 130 g/mol. The Kier molecular flexibility index (Phi) is 1.61. The van der Waals surface area contributed by atoms with Crippen molar-refractivity contribution in [1.82, 2.24) is 0 Å². The van der Waals surface area contributed by atoms with E-state index in [0.29, 0.717) is 0 Å². The topological polar surface area (TPSA) is 3.01 Å². The first-order valence-corrected chi connectivity index (χ1v) is 3.87. The summed E-state index contributed by atoms with van der Waals surface area (Å²) < 4.78 is 2.26. The smallest absolute Gasteiger partial charge is 0.198 e. The lowest BCUT2D eigenvalue weighted by molar-refractivity contribution is -0.522. The average Bonchev–Trinajstić information content (AvgIpc) is 1.98. The van der Waals surface area contributed by atoms with Crippen molar-refractivity contribution in [3.8, 4) is 0 Å². The molecule has 2 unspecified atom stereocenters. The number of thioether (sulfide) groups is 1. The summed E-state index contributed by atoms with van der Waals surface area (Å²) in [4.78, 5) is 0. The molecular formula is C6H12NS+. The Morgan fingerprint density at radius 1 is 1.50 bits per heavy atom. The molecule has 0 spiro atoms. The third-order valence-corrected chi connectivity index (χ3v) is 3.04. The lowest BCUT2D eigenvalue weighted by Crippen LogP contribution is -2.21. The van der Waals surface area contributed by atoms with Gasteiger partial charge < -0.3 is 0 Å². The molecule has 0 aliphatic carbocycles. The Balaban J connectivity index is 2.59. The van der Waals surface area contributed by atoms with Crippen molar-refractivity contribution >= 4 is 17.3 Å². The summed E-state index contributed by atoms with van der Waals surface area (Å²) >= 11 is 1.91. The minimum atomic E-state index is 0.722. The minimum Gasteiger partial charge on any atom is -0.230 e. The normalized spacial score (nSPS) is 37.6.